The number of aliphatic hydroxyl groups is 1. The second-order valence-electron chi connectivity index (χ2n) is 7.05. The summed E-state index contributed by atoms with van der Waals surface area (Å²) in [5, 5.41) is 8.99. The fourth-order valence-corrected chi connectivity index (χ4v) is 2.97. The van der Waals surface area contributed by atoms with Crippen molar-refractivity contribution < 1.29 is 33.5 Å². The van der Waals surface area contributed by atoms with E-state index >= 15 is 0 Å². The molecule has 168 valence electrons. The predicted molar refractivity (Wildman–Crippen MR) is 108 cm³/mol. The van der Waals surface area contributed by atoms with Gasteiger partial charge in [0.1, 0.15) is 24.4 Å². The summed E-state index contributed by atoms with van der Waals surface area (Å²) < 4.78 is 34.3. The van der Waals surface area contributed by atoms with Crippen LogP contribution in [0.5, 0.6) is 0 Å². The summed E-state index contributed by atoms with van der Waals surface area (Å²) in [6.07, 6.45) is 4.53. The molecule has 0 aromatic carbocycles. The first-order chi connectivity index (χ1) is 13.7. The molecule has 2 rings (SSSR count). The van der Waals surface area contributed by atoms with Gasteiger partial charge in [-0.05, 0) is 12.8 Å². The minimum absolute atomic E-state index is 0.00687. The quantitative estimate of drug-likeness (QED) is 0.534. The average Bonchev–Trinajstić information content (AvgIpc) is 2.77. The normalized spacial score (nSPS) is 29.0. The van der Waals surface area contributed by atoms with Crippen molar-refractivity contribution in [3.8, 4) is 0 Å². The monoisotopic (exact) mass is 406 g/mol. The Balaban J connectivity index is 0.00000190. The van der Waals surface area contributed by atoms with Crippen molar-refractivity contribution in [3.05, 3.63) is 0 Å². The standard InChI is InChI=1S/C19H36O7.C2H6/c1-3-5-6-15(4-2)22-13-19-14-25-18(12-26-19)9-21-8-17-11-23-16(7-20)10-24-17;1-2/h15-20H,3-14H2,1-2H3;1-2H3. The molecule has 7 nitrogen and oxygen atoms in total. The van der Waals surface area contributed by atoms with E-state index in [1.54, 1.807) is 0 Å². The van der Waals surface area contributed by atoms with Crippen LogP contribution in [0.3, 0.4) is 0 Å². The Bertz CT molecular complexity index is 340. The maximum atomic E-state index is 8.99. The lowest BCUT2D eigenvalue weighted by molar-refractivity contribution is -0.186. The third kappa shape index (κ3) is 10.5. The summed E-state index contributed by atoms with van der Waals surface area (Å²) in [4.78, 5) is 0. The first-order valence-corrected chi connectivity index (χ1v) is 11.0. The molecule has 2 saturated heterocycles. The number of unbranched alkanes of at least 4 members (excludes halogenated alkanes) is 1. The minimum Gasteiger partial charge on any atom is -0.394 e. The van der Waals surface area contributed by atoms with Crippen LogP contribution in [0.2, 0.25) is 0 Å². The van der Waals surface area contributed by atoms with E-state index in [4.69, 9.17) is 33.5 Å². The zero-order chi connectivity index (χ0) is 20.6. The van der Waals surface area contributed by atoms with Gasteiger partial charge >= 0.3 is 0 Å². The van der Waals surface area contributed by atoms with Crippen LogP contribution in [0.1, 0.15) is 53.4 Å². The highest BCUT2D eigenvalue weighted by molar-refractivity contribution is 4.70. The van der Waals surface area contributed by atoms with Crippen LogP contribution in [-0.4, -0.2) is 88.5 Å². The first-order valence-electron chi connectivity index (χ1n) is 11.0. The molecule has 2 heterocycles. The van der Waals surface area contributed by atoms with E-state index in [-0.39, 0.29) is 31.0 Å². The molecule has 0 aromatic heterocycles. The predicted octanol–water partition coefficient (Wildman–Crippen LogP) is 2.57. The number of hydrogen-bond donors (Lipinski definition) is 1. The molecule has 0 aromatic rings. The Hall–Kier alpha value is -0.280. The van der Waals surface area contributed by atoms with Gasteiger partial charge in [0.15, 0.2) is 0 Å². The SMILES string of the molecule is CC.CCCCC(CC)OCC1COC(COCC2COC(CO)CO2)CO1. The number of ether oxygens (including phenoxy) is 6. The summed E-state index contributed by atoms with van der Waals surface area (Å²) in [5.74, 6) is 0. The molecule has 7 heteroatoms. The summed E-state index contributed by atoms with van der Waals surface area (Å²) in [6.45, 7) is 11.8. The van der Waals surface area contributed by atoms with Crippen molar-refractivity contribution in [2.75, 3.05) is 52.9 Å². The largest absolute Gasteiger partial charge is 0.394 e. The molecule has 0 radical (unpaired) electrons. The smallest absolute Gasteiger partial charge is 0.104 e. The molecule has 2 fully saturated rings. The molecule has 0 bridgehead atoms. The molecule has 1 N–H and O–H groups in total. The number of hydrogen-bond acceptors (Lipinski definition) is 7. The lowest BCUT2D eigenvalue weighted by Crippen LogP contribution is -2.43. The Morgan fingerprint density at radius 1 is 0.821 bits per heavy atom. The van der Waals surface area contributed by atoms with Crippen molar-refractivity contribution in [3.63, 3.8) is 0 Å². The average molecular weight is 407 g/mol. The molecule has 5 unspecified atom stereocenters. The Morgan fingerprint density at radius 2 is 1.32 bits per heavy atom. The molecule has 2 aliphatic heterocycles. The van der Waals surface area contributed by atoms with Crippen molar-refractivity contribution in [1.82, 2.24) is 0 Å². The Morgan fingerprint density at radius 3 is 1.75 bits per heavy atom. The van der Waals surface area contributed by atoms with Gasteiger partial charge in [-0.1, -0.05) is 40.5 Å². The van der Waals surface area contributed by atoms with Gasteiger partial charge in [-0.25, -0.2) is 0 Å². The van der Waals surface area contributed by atoms with Crippen LogP contribution < -0.4 is 0 Å². The van der Waals surface area contributed by atoms with Gasteiger partial charge in [-0.3, -0.25) is 0 Å². The molecule has 0 aliphatic carbocycles. The van der Waals surface area contributed by atoms with Gasteiger partial charge in [-0.2, -0.15) is 0 Å². The summed E-state index contributed by atoms with van der Waals surface area (Å²) >= 11 is 0. The van der Waals surface area contributed by atoms with Crippen LogP contribution in [0.4, 0.5) is 0 Å². The third-order valence-electron chi connectivity index (χ3n) is 4.74. The van der Waals surface area contributed by atoms with Crippen LogP contribution in [0.15, 0.2) is 0 Å². The molecule has 0 spiro atoms. The van der Waals surface area contributed by atoms with Crippen molar-refractivity contribution >= 4 is 0 Å². The van der Waals surface area contributed by atoms with E-state index in [0.717, 1.165) is 12.8 Å². The number of aliphatic hydroxyl groups excluding tert-OH is 1. The lowest BCUT2D eigenvalue weighted by atomic mass is 10.1. The minimum atomic E-state index is -0.213. The van der Waals surface area contributed by atoms with Gasteiger partial charge in [0.05, 0.1) is 59.0 Å². The maximum Gasteiger partial charge on any atom is 0.104 e. The van der Waals surface area contributed by atoms with Gasteiger partial charge in [0.2, 0.25) is 0 Å². The van der Waals surface area contributed by atoms with Crippen LogP contribution in [0.25, 0.3) is 0 Å². The van der Waals surface area contributed by atoms with Crippen LogP contribution >= 0.6 is 0 Å². The zero-order valence-corrected chi connectivity index (χ0v) is 18.3. The first kappa shape index (κ1) is 25.8. The zero-order valence-electron chi connectivity index (χ0n) is 18.3. The third-order valence-corrected chi connectivity index (χ3v) is 4.74. The van der Waals surface area contributed by atoms with Gasteiger partial charge in [0.25, 0.3) is 0 Å². The van der Waals surface area contributed by atoms with Crippen molar-refractivity contribution in [2.45, 2.75) is 83.9 Å². The molecule has 0 amide bonds. The fourth-order valence-electron chi connectivity index (χ4n) is 2.97. The van der Waals surface area contributed by atoms with Crippen molar-refractivity contribution in [2.24, 2.45) is 0 Å². The fraction of sp³-hybridized carbons (Fsp3) is 1.00. The van der Waals surface area contributed by atoms with E-state index in [9.17, 15) is 0 Å². The number of rotatable bonds is 12. The second-order valence-corrected chi connectivity index (χ2v) is 7.05. The van der Waals surface area contributed by atoms with Gasteiger partial charge in [0, 0.05) is 0 Å². The van der Waals surface area contributed by atoms with Crippen LogP contribution in [-0.2, 0) is 28.4 Å². The second kappa shape index (κ2) is 16.5. The summed E-state index contributed by atoms with van der Waals surface area (Å²) in [5.41, 5.74) is 0. The van der Waals surface area contributed by atoms with Gasteiger partial charge < -0.3 is 33.5 Å². The van der Waals surface area contributed by atoms with E-state index in [2.05, 4.69) is 13.8 Å². The highest BCUT2D eigenvalue weighted by Gasteiger charge is 2.25. The van der Waals surface area contributed by atoms with Crippen molar-refractivity contribution in [1.29, 1.82) is 0 Å². The van der Waals surface area contributed by atoms with E-state index in [0.29, 0.717) is 52.4 Å². The Kier molecular flexibility index (Phi) is 15.2. The highest BCUT2D eigenvalue weighted by Crippen LogP contribution is 2.13. The Labute approximate surface area is 171 Å². The van der Waals surface area contributed by atoms with Crippen LogP contribution in [0, 0.1) is 0 Å². The molecule has 5 atom stereocenters. The van der Waals surface area contributed by atoms with E-state index in [1.165, 1.54) is 12.8 Å². The molecule has 0 saturated carbocycles. The lowest BCUT2D eigenvalue weighted by Gasteiger charge is -2.31. The van der Waals surface area contributed by atoms with E-state index < -0.39 is 0 Å². The summed E-state index contributed by atoms with van der Waals surface area (Å²) in [6, 6.07) is 0. The molecular weight excluding hydrogens is 364 g/mol. The summed E-state index contributed by atoms with van der Waals surface area (Å²) in [7, 11) is 0. The maximum absolute atomic E-state index is 8.99. The van der Waals surface area contributed by atoms with E-state index in [1.807, 2.05) is 13.8 Å². The molecule has 28 heavy (non-hydrogen) atoms. The topological polar surface area (TPSA) is 75.6 Å². The molecule has 2 aliphatic rings. The molecular formula is C21H42O7. The highest BCUT2D eigenvalue weighted by atomic mass is 16.6. The van der Waals surface area contributed by atoms with Gasteiger partial charge in [-0.15, -0.1) is 0 Å².